The Labute approximate surface area is 164 Å². The SMILES string of the molecule is CON(C)S(=O)(=O)c1ccc(C(=O)OCC(=O)c2c(C)cc(C)cc2C)cc1. The summed E-state index contributed by atoms with van der Waals surface area (Å²) in [6, 6.07) is 9.00. The van der Waals surface area contributed by atoms with Gasteiger partial charge >= 0.3 is 5.97 Å². The average Bonchev–Trinajstić information content (AvgIpc) is 2.64. The number of ketones is 1. The van der Waals surface area contributed by atoms with E-state index in [1.54, 1.807) is 0 Å². The highest BCUT2D eigenvalue weighted by Crippen LogP contribution is 2.18. The van der Waals surface area contributed by atoms with Crippen LogP contribution in [0, 0.1) is 20.8 Å². The van der Waals surface area contributed by atoms with Crippen LogP contribution >= 0.6 is 0 Å². The van der Waals surface area contributed by atoms with Crippen molar-refractivity contribution in [3.05, 3.63) is 64.2 Å². The van der Waals surface area contributed by atoms with E-state index in [1.807, 2.05) is 32.9 Å². The molecule has 8 heteroatoms. The number of aryl methyl sites for hydroxylation is 3. The molecule has 0 bridgehead atoms. The Morgan fingerprint density at radius 2 is 1.54 bits per heavy atom. The number of rotatable bonds is 7. The highest BCUT2D eigenvalue weighted by atomic mass is 32.2. The van der Waals surface area contributed by atoms with Crippen molar-refractivity contribution in [1.82, 2.24) is 4.47 Å². The molecule has 7 nitrogen and oxygen atoms in total. The lowest BCUT2D eigenvalue weighted by molar-refractivity contribution is -0.0258. The van der Waals surface area contributed by atoms with Crippen molar-refractivity contribution in [2.75, 3.05) is 20.8 Å². The third kappa shape index (κ3) is 4.64. The molecular formula is C20H23NO6S. The first-order valence-corrected chi connectivity index (χ1v) is 9.93. The van der Waals surface area contributed by atoms with Crippen LogP contribution < -0.4 is 0 Å². The molecule has 2 rings (SSSR count). The van der Waals surface area contributed by atoms with Crippen molar-refractivity contribution in [2.24, 2.45) is 0 Å². The van der Waals surface area contributed by atoms with Crippen LogP contribution in [0.2, 0.25) is 0 Å². The Balaban J connectivity index is 2.09. The van der Waals surface area contributed by atoms with Crippen LogP contribution in [0.25, 0.3) is 0 Å². The largest absolute Gasteiger partial charge is 0.454 e. The summed E-state index contributed by atoms with van der Waals surface area (Å²) in [5, 5.41) is 0. The molecule has 0 fully saturated rings. The van der Waals surface area contributed by atoms with Gasteiger partial charge in [0.1, 0.15) is 0 Å². The molecule has 0 saturated heterocycles. The number of carbonyl (C=O) groups excluding carboxylic acids is 2. The number of Topliss-reactive ketones (excluding diaryl/α,β-unsaturated/α-hetero) is 1. The Morgan fingerprint density at radius 3 is 2.04 bits per heavy atom. The number of hydrogen-bond donors (Lipinski definition) is 0. The molecule has 0 radical (unpaired) electrons. The standard InChI is InChI=1S/C20H23NO6S/c1-13-10-14(2)19(15(3)11-13)18(22)12-27-20(23)16-6-8-17(9-7-16)28(24,25)21(4)26-5/h6-11H,12H2,1-5H3. The van der Waals surface area contributed by atoms with E-state index in [9.17, 15) is 18.0 Å². The maximum Gasteiger partial charge on any atom is 0.338 e. The normalized spacial score (nSPS) is 11.5. The second-order valence-corrected chi connectivity index (χ2v) is 8.33. The van der Waals surface area contributed by atoms with Crippen molar-refractivity contribution in [1.29, 1.82) is 0 Å². The first kappa shape index (κ1) is 21.7. The predicted octanol–water partition coefficient (Wildman–Crippen LogP) is 2.83. The summed E-state index contributed by atoms with van der Waals surface area (Å²) in [5.41, 5.74) is 3.40. The van der Waals surface area contributed by atoms with Crippen LogP contribution in [0.15, 0.2) is 41.3 Å². The van der Waals surface area contributed by atoms with E-state index in [2.05, 4.69) is 0 Å². The minimum absolute atomic E-state index is 0.0321. The highest BCUT2D eigenvalue weighted by Gasteiger charge is 2.21. The van der Waals surface area contributed by atoms with Gasteiger partial charge in [0.2, 0.25) is 5.78 Å². The van der Waals surface area contributed by atoms with Gasteiger partial charge in [-0.3, -0.25) is 9.63 Å². The van der Waals surface area contributed by atoms with Crippen molar-refractivity contribution < 1.29 is 27.6 Å². The van der Waals surface area contributed by atoms with E-state index < -0.39 is 22.6 Å². The summed E-state index contributed by atoms with van der Waals surface area (Å²) in [6.07, 6.45) is 0. The molecular weight excluding hydrogens is 382 g/mol. The van der Waals surface area contributed by atoms with E-state index in [-0.39, 0.29) is 16.2 Å². The van der Waals surface area contributed by atoms with Gasteiger partial charge in [0.25, 0.3) is 10.0 Å². The number of hydroxylamine groups is 1. The fourth-order valence-electron chi connectivity index (χ4n) is 2.92. The molecule has 0 unspecified atom stereocenters. The van der Waals surface area contributed by atoms with E-state index in [4.69, 9.17) is 9.57 Å². The molecule has 0 amide bonds. The van der Waals surface area contributed by atoms with Gasteiger partial charge < -0.3 is 4.74 Å². The second kappa shape index (κ2) is 8.64. The summed E-state index contributed by atoms with van der Waals surface area (Å²) in [5.74, 6) is -0.996. The van der Waals surface area contributed by atoms with Gasteiger partial charge in [0.15, 0.2) is 6.61 Å². The number of ether oxygens (including phenoxy) is 1. The first-order chi connectivity index (χ1) is 13.1. The minimum atomic E-state index is -3.80. The van der Waals surface area contributed by atoms with Gasteiger partial charge in [-0.25, -0.2) is 13.2 Å². The molecule has 0 saturated carbocycles. The molecule has 0 aromatic heterocycles. The molecule has 0 aliphatic heterocycles. The molecule has 0 aliphatic carbocycles. The summed E-state index contributed by atoms with van der Waals surface area (Å²) < 4.78 is 30.1. The van der Waals surface area contributed by atoms with Gasteiger partial charge in [-0.05, 0) is 56.2 Å². The van der Waals surface area contributed by atoms with Gasteiger partial charge in [-0.2, -0.15) is 0 Å². The number of esters is 1. The third-order valence-corrected chi connectivity index (χ3v) is 5.97. The summed E-state index contributed by atoms with van der Waals surface area (Å²) in [6.45, 7) is 5.23. The lowest BCUT2D eigenvalue weighted by Crippen LogP contribution is -2.25. The van der Waals surface area contributed by atoms with Crippen LogP contribution in [-0.4, -0.2) is 45.4 Å². The van der Waals surface area contributed by atoms with E-state index >= 15 is 0 Å². The number of carbonyl (C=O) groups is 2. The second-order valence-electron chi connectivity index (χ2n) is 6.39. The number of benzene rings is 2. The first-order valence-electron chi connectivity index (χ1n) is 8.49. The predicted molar refractivity (Wildman–Crippen MR) is 104 cm³/mol. The lowest BCUT2D eigenvalue weighted by atomic mass is 9.97. The maximum absolute atomic E-state index is 12.5. The molecule has 0 N–H and O–H groups in total. The lowest BCUT2D eigenvalue weighted by Gasteiger charge is -2.14. The van der Waals surface area contributed by atoms with Gasteiger partial charge in [0.05, 0.1) is 17.6 Å². The van der Waals surface area contributed by atoms with E-state index in [0.717, 1.165) is 16.7 Å². The molecule has 0 aliphatic rings. The molecule has 0 spiro atoms. The highest BCUT2D eigenvalue weighted by molar-refractivity contribution is 7.89. The quantitative estimate of drug-likeness (QED) is 0.400. The number of sulfonamides is 1. The van der Waals surface area contributed by atoms with Crippen molar-refractivity contribution in [3.8, 4) is 0 Å². The molecule has 28 heavy (non-hydrogen) atoms. The van der Waals surface area contributed by atoms with Crippen LogP contribution in [0.3, 0.4) is 0 Å². The van der Waals surface area contributed by atoms with E-state index in [1.165, 1.54) is 38.4 Å². The Morgan fingerprint density at radius 1 is 1.00 bits per heavy atom. The Bertz CT molecular complexity index is 973. The average molecular weight is 405 g/mol. The fourth-order valence-corrected chi connectivity index (χ4v) is 3.89. The van der Waals surface area contributed by atoms with Crippen LogP contribution in [-0.2, 0) is 19.6 Å². The topological polar surface area (TPSA) is 90.0 Å². The van der Waals surface area contributed by atoms with Gasteiger partial charge in [-0.1, -0.05) is 22.2 Å². The van der Waals surface area contributed by atoms with Crippen LogP contribution in [0.4, 0.5) is 0 Å². The van der Waals surface area contributed by atoms with Crippen molar-refractivity contribution in [2.45, 2.75) is 25.7 Å². The number of nitrogens with zero attached hydrogens (tertiary/aromatic N) is 1. The van der Waals surface area contributed by atoms with Crippen LogP contribution in [0.1, 0.15) is 37.4 Å². The number of hydrogen-bond acceptors (Lipinski definition) is 6. The minimum Gasteiger partial charge on any atom is -0.454 e. The smallest absolute Gasteiger partial charge is 0.338 e. The zero-order valence-electron chi connectivity index (χ0n) is 16.5. The summed E-state index contributed by atoms with van der Waals surface area (Å²) in [4.78, 5) is 29.3. The summed E-state index contributed by atoms with van der Waals surface area (Å²) >= 11 is 0. The zero-order chi connectivity index (χ0) is 21.1. The zero-order valence-corrected chi connectivity index (χ0v) is 17.3. The maximum atomic E-state index is 12.5. The fraction of sp³-hybridized carbons (Fsp3) is 0.300. The van der Waals surface area contributed by atoms with Crippen molar-refractivity contribution in [3.63, 3.8) is 0 Å². The van der Waals surface area contributed by atoms with Crippen molar-refractivity contribution >= 4 is 21.8 Å². The molecule has 150 valence electrons. The summed E-state index contributed by atoms with van der Waals surface area (Å²) in [7, 11) is -1.31. The van der Waals surface area contributed by atoms with Crippen LogP contribution in [0.5, 0.6) is 0 Å². The van der Waals surface area contributed by atoms with Gasteiger partial charge in [0, 0.05) is 12.6 Å². The molecule has 0 heterocycles. The Kier molecular flexibility index (Phi) is 6.71. The molecule has 2 aromatic carbocycles. The third-order valence-electron chi connectivity index (χ3n) is 4.27. The van der Waals surface area contributed by atoms with E-state index in [0.29, 0.717) is 10.0 Å². The Hall–Kier alpha value is -2.55. The monoisotopic (exact) mass is 405 g/mol. The van der Waals surface area contributed by atoms with Gasteiger partial charge in [-0.15, -0.1) is 0 Å². The molecule has 2 aromatic rings. The molecule has 0 atom stereocenters.